The molecule has 0 saturated carbocycles. The summed E-state index contributed by atoms with van der Waals surface area (Å²) in [5.41, 5.74) is 0.454. The predicted molar refractivity (Wildman–Crippen MR) is 55.9 cm³/mol. The second-order valence-electron chi connectivity index (χ2n) is 3.49. The first kappa shape index (κ1) is 11.8. The lowest BCUT2D eigenvalue weighted by Crippen LogP contribution is -2.23. The quantitative estimate of drug-likeness (QED) is 0.816. The standard InChI is InChI=1S/C10H9N3O5/c1-5-2-6(12-17-5)4-11-9(14)7-3-8(10(15)16)18-13-7/h2-3H,4H2,1H3,(H,11,14)(H,15,16). The van der Waals surface area contributed by atoms with Crippen LogP contribution in [0.2, 0.25) is 0 Å². The number of aryl methyl sites for hydroxylation is 1. The fourth-order valence-electron chi connectivity index (χ4n) is 1.25. The van der Waals surface area contributed by atoms with Crippen molar-refractivity contribution in [1.29, 1.82) is 0 Å². The van der Waals surface area contributed by atoms with E-state index in [1.165, 1.54) is 0 Å². The molecule has 0 spiro atoms. The van der Waals surface area contributed by atoms with Crippen molar-refractivity contribution >= 4 is 11.9 Å². The predicted octanol–water partition coefficient (Wildman–Crippen LogP) is 0.599. The van der Waals surface area contributed by atoms with Crippen LogP contribution in [0.3, 0.4) is 0 Å². The lowest BCUT2D eigenvalue weighted by molar-refractivity contribution is 0.0651. The van der Waals surface area contributed by atoms with Crippen LogP contribution < -0.4 is 5.32 Å². The zero-order chi connectivity index (χ0) is 13.1. The topological polar surface area (TPSA) is 118 Å². The van der Waals surface area contributed by atoms with Gasteiger partial charge in [-0.15, -0.1) is 0 Å². The first-order valence-electron chi connectivity index (χ1n) is 4.96. The van der Waals surface area contributed by atoms with Gasteiger partial charge >= 0.3 is 5.97 Å². The second kappa shape index (κ2) is 4.70. The molecule has 1 amide bonds. The van der Waals surface area contributed by atoms with Crippen LogP contribution in [0, 0.1) is 6.92 Å². The molecular formula is C10H9N3O5. The molecule has 2 N–H and O–H groups in total. The molecule has 0 aliphatic carbocycles. The lowest BCUT2D eigenvalue weighted by Gasteiger charge is -1.97. The van der Waals surface area contributed by atoms with Crippen molar-refractivity contribution < 1.29 is 23.7 Å². The van der Waals surface area contributed by atoms with Gasteiger partial charge in [0.15, 0.2) is 5.69 Å². The van der Waals surface area contributed by atoms with E-state index in [1.807, 2.05) is 0 Å². The second-order valence-corrected chi connectivity index (χ2v) is 3.49. The fourth-order valence-corrected chi connectivity index (χ4v) is 1.25. The van der Waals surface area contributed by atoms with Crippen molar-refractivity contribution in [3.8, 4) is 0 Å². The summed E-state index contributed by atoms with van der Waals surface area (Å²) in [6.45, 7) is 1.89. The van der Waals surface area contributed by atoms with E-state index in [0.29, 0.717) is 11.5 Å². The fraction of sp³-hybridized carbons (Fsp3) is 0.200. The minimum absolute atomic E-state index is 0.104. The van der Waals surface area contributed by atoms with Crippen LogP contribution in [0.1, 0.15) is 32.5 Å². The molecule has 2 heterocycles. The highest BCUT2D eigenvalue weighted by atomic mass is 16.5. The smallest absolute Gasteiger partial charge is 0.374 e. The maximum atomic E-state index is 11.6. The first-order chi connectivity index (χ1) is 8.56. The number of aromatic carboxylic acids is 1. The van der Waals surface area contributed by atoms with E-state index in [2.05, 4.69) is 20.2 Å². The van der Waals surface area contributed by atoms with Gasteiger partial charge in [0, 0.05) is 12.1 Å². The van der Waals surface area contributed by atoms with Crippen LogP contribution in [0.25, 0.3) is 0 Å². The van der Waals surface area contributed by atoms with Crippen LogP contribution in [-0.2, 0) is 6.54 Å². The molecule has 2 aromatic heterocycles. The van der Waals surface area contributed by atoms with Gasteiger partial charge in [-0.1, -0.05) is 10.3 Å². The summed E-state index contributed by atoms with van der Waals surface area (Å²) in [5.74, 6) is -1.59. The lowest BCUT2D eigenvalue weighted by atomic mass is 10.3. The van der Waals surface area contributed by atoms with E-state index >= 15 is 0 Å². The Bertz CT molecular complexity index is 586. The zero-order valence-electron chi connectivity index (χ0n) is 9.34. The highest BCUT2D eigenvalue weighted by Gasteiger charge is 2.16. The summed E-state index contributed by atoms with van der Waals surface area (Å²) in [6, 6.07) is 2.72. The molecule has 94 valence electrons. The van der Waals surface area contributed by atoms with Gasteiger partial charge in [-0.2, -0.15) is 0 Å². The summed E-state index contributed by atoms with van der Waals surface area (Å²) in [4.78, 5) is 22.1. The maximum absolute atomic E-state index is 11.6. The molecule has 0 aliphatic rings. The van der Waals surface area contributed by atoms with Gasteiger partial charge in [-0.3, -0.25) is 4.79 Å². The van der Waals surface area contributed by atoms with Gasteiger partial charge in [-0.05, 0) is 6.92 Å². The van der Waals surface area contributed by atoms with Crippen molar-refractivity contribution in [2.75, 3.05) is 0 Å². The monoisotopic (exact) mass is 251 g/mol. The van der Waals surface area contributed by atoms with Gasteiger partial charge < -0.3 is 19.5 Å². The molecule has 0 aromatic carbocycles. The summed E-state index contributed by atoms with van der Waals surface area (Å²) in [6.07, 6.45) is 0. The van der Waals surface area contributed by atoms with E-state index in [9.17, 15) is 9.59 Å². The molecule has 0 fully saturated rings. The number of carboxylic acid groups (broad SMARTS) is 1. The number of rotatable bonds is 4. The molecule has 18 heavy (non-hydrogen) atoms. The van der Waals surface area contributed by atoms with Gasteiger partial charge in [0.1, 0.15) is 11.5 Å². The Kier molecular flexibility index (Phi) is 3.09. The Morgan fingerprint density at radius 2 is 2.11 bits per heavy atom. The van der Waals surface area contributed by atoms with E-state index < -0.39 is 17.6 Å². The van der Waals surface area contributed by atoms with Gasteiger partial charge in [0.05, 0.1) is 6.54 Å². The number of amides is 1. The normalized spacial score (nSPS) is 10.3. The highest BCUT2D eigenvalue weighted by Crippen LogP contribution is 2.05. The van der Waals surface area contributed by atoms with Crippen LogP contribution in [0.15, 0.2) is 21.2 Å². The average molecular weight is 251 g/mol. The van der Waals surface area contributed by atoms with E-state index in [-0.39, 0.29) is 12.2 Å². The third-order valence-corrected chi connectivity index (χ3v) is 2.06. The molecule has 8 nitrogen and oxygen atoms in total. The van der Waals surface area contributed by atoms with Gasteiger partial charge in [0.25, 0.3) is 5.91 Å². The molecule has 8 heteroatoms. The van der Waals surface area contributed by atoms with Crippen molar-refractivity contribution in [2.45, 2.75) is 13.5 Å². The Morgan fingerprint density at radius 3 is 2.67 bits per heavy atom. The van der Waals surface area contributed by atoms with Crippen molar-refractivity contribution in [3.63, 3.8) is 0 Å². The largest absolute Gasteiger partial charge is 0.475 e. The van der Waals surface area contributed by atoms with Gasteiger partial charge in [-0.25, -0.2) is 4.79 Å². The molecule has 0 bridgehead atoms. The highest BCUT2D eigenvalue weighted by molar-refractivity contribution is 5.94. The molecule has 0 aliphatic heterocycles. The number of nitrogens with one attached hydrogen (secondary N) is 1. The molecule has 0 saturated heterocycles. The third-order valence-electron chi connectivity index (χ3n) is 2.06. The van der Waals surface area contributed by atoms with E-state index in [0.717, 1.165) is 6.07 Å². The number of carbonyl (C=O) groups excluding carboxylic acids is 1. The number of carboxylic acids is 1. The number of hydrogen-bond donors (Lipinski definition) is 2. The summed E-state index contributed by atoms with van der Waals surface area (Å²) < 4.78 is 9.28. The molecule has 0 atom stereocenters. The molecule has 2 rings (SSSR count). The maximum Gasteiger partial charge on any atom is 0.374 e. The molecule has 2 aromatic rings. The minimum atomic E-state index is -1.28. The van der Waals surface area contributed by atoms with Gasteiger partial charge in [0.2, 0.25) is 5.76 Å². The van der Waals surface area contributed by atoms with Crippen LogP contribution in [-0.4, -0.2) is 27.3 Å². The number of aromatic nitrogens is 2. The van der Waals surface area contributed by atoms with E-state index in [4.69, 9.17) is 9.63 Å². The van der Waals surface area contributed by atoms with Crippen LogP contribution in [0.5, 0.6) is 0 Å². The third kappa shape index (κ3) is 2.54. The molecule has 0 radical (unpaired) electrons. The number of nitrogens with zero attached hydrogens (tertiary/aromatic N) is 2. The van der Waals surface area contributed by atoms with Crippen molar-refractivity contribution in [3.05, 3.63) is 35.0 Å². The summed E-state index contributed by atoms with van der Waals surface area (Å²) in [7, 11) is 0. The Labute approximate surface area is 101 Å². The average Bonchev–Trinajstić information content (AvgIpc) is 2.94. The summed E-state index contributed by atoms with van der Waals surface area (Å²) >= 11 is 0. The first-order valence-corrected chi connectivity index (χ1v) is 4.96. The minimum Gasteiger partial charge on any atom is -0.475 e. The Hall–Kier alpha value is -2.64. The Morgan fingerprint density at radius 1 is 1.33 bits per heavy atom. The number of carbonyl (C=O) groups is 2. The van der Waals surface area contributed by atoms with Crippen molar-refractivity contribution in [1.82, 2.24) is 15.6 Å². The summed E-state index contributed by atoms with van der Waals surface area (Å²) in [5, 5.41) is 18.1. The number of hydrogen-bond acceptors (Lipinski definition) is 6. The zero-order valence-corrected chi connectivity index (χ0v) is 9.34. The van der Waals surface area contributed by atoms with Crippen molar-refractivity contribution in [2.24, 2.45) is 0 Å². The Balaban J connectivity index is 1.97. The molecule has 0 unspecified atom stereocenters. The van der Waals surface area contributed by atoms with Crippen LogP contribution >= 0.6 is 0 Å². The molecular weight excluding hydrogens is 242 g/mol. The van der Waals surface area contributed by atoms with Crippen LogP contribution in [0.4, 0.5) is 0 Å². The SMILES string of the molecule is Cc1cc(CNC(=O)c2cc(C(=O)O)on2)no1. The van der Waals surface area contributed by atoms with E-state index in [1.54, 1.807) is 13.0 Å².